The maximum absolute atomic E-state index is 11.6. The molecule has 0 atom stereocenters. The van der Waals surface area contributed by atoms with E-state index in [9.17, 15) is 8.78 Å². The number of hydrogen-bond donors (Lipinski definition) is 0. The van der Waals surface area contributed by atoms with Gasteiger partial charge in [0.2, 0.25) is 0 Å². The first kappa shape index (κ1) is 8.44. The fourth-order valence-corrected chi connectivity index (χ4v) is 1.74. The van der Waals surface area contributed by atoms with E-state index >= 15 is 0 Å². The number of hydrogen-bond acceptors (Lipinski definition) is 0. The van der Waals surface area contributed by atoms with Crippen LogP contribution in [0.2, 0.25) is 0 Å². The van der Waals surface area contributed by atoms with Crippen molar-refractivity contribution in [1.29, 1.82) is 0 Å². The molecule has 11 heavy (non-hydrogen) atoms. The van der Waals surface area contributed by atoms with Crippen LogP contribution in [-0.4, -0.2) is 15.0 Å². The average Bonchev–Trinajstić information content (AvgIpc) is 2.03. The van der Waals surface area contributed by atoms with Crippen molar-refractivity contribution in [3.63, 3.8) is 0 Å². The zero-order chi connectivity index (χ0) is 8.10. The van der Waals surface area contributed by atoms with Crippen LogP contribution in [-0.2, 0) is 0 Å². The first-order valence-electron chi connectivity index (χ1n) is 3.02. The quantitative estimate of drug-likeness (QED) is 0.665. The summed E-state index contributed by atoms with van der Waals surface area (Å²) in [6.07, 6.45) is -1.59. The van der Waals surface area contributed by atoms with Gasteiger partial charge >= 0.3 is 69.6 Å². The van der Waals surface area contributed by atoms with E-state index in [1.54, 1.807) is 0 Å². The van der Waals surface area contributed by atoms with Gasteiger partial charge in [-0.05, 0) is 0 Å². The summed E-state index contributed by atoms with van der Waals surface area (Å²) < 4.78 is 24.2. The third-order valence-corrected chi connectivity index (χ3v) is 2.79. The molecule has 0 heterocycles. The fourth-order valence-electron chi connectivity index (χ4n) is 0.612. The molecule has 0 bridgehead atoms. The Labute approximate surface area is 70.1 Å². The molecule has 0 aliphatic rings. The average molecular weight is 219 g/mol. The Balaban J connectivity index is 2.59. The molecule has 0 radical (unpaired) electrons. The normalized spacial score (nSPS) is 9.27. The van der Waals surface area contributed by atoms with Gasteiger partial charge in [0.1, 0.15) is 0 Å². The van der Waals surface area contributed by atoms with Crippen molar-refractivity contribution in [2.45, 2.75) is 0 Å². The zero-order valence-corrected chi connectivity index (χ0v) is 7.34. The van der Waals surface area contributed by atoms with E-state index in [2.05, 4.69) is 0 Å². The summed E-state index contributed by atoms with van der Waals surface area (Å²) in [5, 5.41) is 0. The minimum atomic E-state index is -1.59. The molecule has 0 nitrogen and oxygen atoms in total. The van der Waals surface area contributed by atoms with E-state index in [-0.39, 0.29) is 15.0 Å². The summed E-state index contributed by atoms with van der Waals surface area (Å²) in [6, 6.07) is 9.26. The summed E-state index contributed by atoms with van der Waals surface area (Å²) in [5.74, 6) is 0. The molecule has 0 amide bonds. The molecule has 58 valence electrons. The molecule has 0 aromatic heterocycles. The summed E-state index contributed by atoms with van der Waals surface area (Å²) in [7, 11) is 0. The van der Waals surface area contributed by atoms with E-state index in [1.165, 1.54) is 0 Å². The van der Waals surface area contributed by atoms with E-state index in [1.807, 2.05) is 30.3 Å². The van der Waals surface area contributed by atoms with Gasteiger partial charge in [-0.1, -0.05) is 0 Å². The van der Waals surface area contributed by atoms with Crippen molar-refractivity contribution < 1.29 is 8.78 Å². The van der Waals surface area contributed by atoms with Gasteiger partial charge in [0.05, 0.1) is 0 Å². The predicted octanol–water partition coefficient (Wildman–Crippen LogP) is 1.75. The Morgan fingerprint density at radius 3 is 2.36 bits per heavy atom. The van der Waals surface area contributed by atoms with E-state index in [4.69, 9.17) is 0 Å². The summed E-state index contributed by atoms with van der Waals surface area (Å²) in [6.45, 7) is 0. The molecule has 0 N–H and O–H groups in total. The zero-order valence-electron chi connectivity index (χ0n) is 5.63. The van der Waals surface area contributed by atoms with Gasteiger partial charge in [-0.3, -0.25) is 0 Å². The Kier molecular flexibility index (Phi) is 3.27. The molecule has 0 unspecified atom stereocenters. The Hall–Kier alpha value is -0.661. The van der Waals surface area contributed by atoms with Crippen molar-refractivity contribution in [3.05, 3.63) is 41.4 Å². The van der Waals surface area contributed by atoms with Crippen LogP contribution in [0.15, 0.2) is 41.4 Å². The number of benzene rings is 1. The fraction of sp³-hybridized carbons (Fsp3) is 0. The molecule has 0 saturated heterocycles. The van der Waals surface area contributed by atoms with Gasteiger partial charge in [-0.2, -0.15) is 0 Å². The van der Waals surface area contributed by atoms with Crippen LogP contribution < -0.4 is 4.46 Å². The van der Waals surface area contributed by atoms with Crippen molar-refractivity contribution in [2.75, 3.05) is 0 Å². The second kappa shape index (κ2) is 4.27. The van der Waals surface area contributed by atoms with Crippen LogP contribution in [0.3, 0.4) is 0 Å². The van der Waals surface area contributed by atoms with Crippen LogP contribution in [0.25, 0.3) is 0 Å². The van der Waals surface area contributed by atoms with Crippen LogP contribution in [0.4, 0.5) is 8.78 Å². The molecule has 0 spiro atoms. The topological polar surface area (TPSA) is 0 Å². The van der Waals surface area contributed by atoms with E-state index in [0.717, 1.165) is 9.44 Å². The van der Waals surface area contributed by atoms with Gasteiger partial charge in [-0.15, -0.1) is 0 Å². The molecule has 3 heteroatoms. The van der Waals surface area contributed by atoms with Crippen molar-refractivity contribution >= 4 is 19.4 Å². The third kappa shape index (κ3) is 3.30. The molecule has 1 aromatic carbocycles. The van der Waals surface area contributed by atoms with Gasteiger partial charge in [0.15, 0.2) is 0 Å². The van der Waals surface area contributed by atoms with Gasteiger partial charge < -0.3 is 0 Å². The predicted molar refractivity (Wildman–Crippen MR) is 42.1 cm³/mol. The van der Waals surface area contributed by atoms with Crippen molar-refractivity contribution in [1.82, 2.24) is 0 Å². The monoisotopic (exact) mass is 220 g/mol. The molecule has 0 fully saturated rings. The van der Waals surface area contributed by atoms with E-state index in [0.29, 0.717) is 0 Å². The molecule has 1 rings (SSSR count). The van der Waals surface area contributed by atoms with Crippen LogP contribution >= 0.6 is 0 Å². The Morgan fingerprint density at radius 1 is 1.18 bits per heavy atom. The molecule has 0 saturated carbocycles. The van der Waals surface area contributed by atoms with Crippen molar-refractivity contribution in [3.8, 4) is 0 Å². The molecule has 0 aliphatic heterocycles. The third-order valence-electron chi connectivity index (χ3n) is 1.03. The van der Waals surface area contributed by atoms with Crippen LogP contribution in [0.1, 0.15) is 0 Å². The number of halogens is 2. The van der Waals surface area contributed by atoms with Gasteiger partial charge in [-0.25, -0.2) is 0 Å². The molecule has 0 aliphatic carbocycles. The molecule has 1 aromatic rings. The summed E-state index contributed by atoms with van der Waals surface area (Å²) in [5.41, 5.74) is 0. The second-order valence-corrected chi connectivity index (χ2v) is 3.82. The van der Waals surface area contributed by atoms with Crippen LogP contribution in [0, 0.1) is 0 Å². The first-order valence-corrected chi connectivity index (χ1v) is 4.86. The molecular weight excluding hydrogens is 213 g/mol. The van der Waals surface area contributed by atoms with Gasteiger partial charge in [0.25, 0.3) is 0 Å². The second-order valence-electron chi connectivity index (χ2n) is 1.84. The van der Waals surface area contributed by atoms with Crippen molar-refractivity contribution in [2.24, 2.45) is 0 Å². The number of rotatable bonds is 2. The summed E-state index contributed by atoms with van der Waals surface area (Å²) in [4.78, 5) is 0.975. The van der Waals surface area contributed by atoms with Gasteiger partial charge in [0, 0.05) is 0 Å². The summed E-state index contributed by atoms with van der Waals surface area (Å²) >= 11 is -0.222. The SMILES string of the molecule is FC(F)=C[Se]c1ccccc1. The Bertz CT molecular complexity index is 240. The van der Waals surface area contributed by atoms with E-state index < -0.39 is 6.08 Å². The maximum atomic E-state index is 11.6. The van der Waals surface area contributed by atoms with Crippen LogP contribution in [0.5, 0.6) is 0 Å². The molecular formula is C8H6F2Se. The first-order chi connectivity index (χ1) is 5.29. The standard InChI is InChI=1S/C8H6F2Se/c9-8(10)6-11-7-4-2-1-3-5-7/h1-6H. The Morgan fingerprint density at radius 2 is 1.82 bits per heavy atom. The minimum absolute atomic E-state index is 0.222.